The molecule has 3 rings (SSSR count). The van der Waals surface area contributed by atoms with Gasteiger partial charge in [0, 0.05) is 31.2 Å². The Morgan fingerprint density at radius 1 is 1.21 bits per heavy atom. The van der Waals surface area contributed by atoms with Gasteiger partial charge in [-0.3, -0.25) is 19.8 Å². The SMILES string of the molecule is CC1CN(C(C)(C)CNC(=O)c2cc3c(cc2[N+](=O)[O-])OCCO3)CC(C)O1. The summed E-state index contributed by atoms with van der Waals surface area (Å²) >= 11 is 0. The highest BCUT2D eigenvalue weighted by Gasteiger charge is 2.34. The predicted octanol–water partition coefficient (Wildman–Crippen LogP) is 1.98. The number of benzene rings is 1. The molecule has 0 spiro atoms. The van der Waals surface area contributed by atoms with E-state index in [0.717, 1.165) is 13.1 Å². The van der Waals surface area contributed by atoms with Crippen LogP contribution >= 0.6 is 0 Å². The largest absolute Gasteiger partial charge is 0.486 e. The molecule has 28 heavy (non-hydrogen) atoms. The van der Waals surface area contributed by atoms with Crippen molar-refractivity contribution in [1.29, 1.82) is 0 Å². The van der Waals surface area contributed by atoms with Crippen LogP contribution in [0, 0.1) is 10.1 Å². The van der Waals surface area contributed by atoms with Crippen molar-refractivity contribution in [3.05, 3.63) is 27.8 Å². The van der Waals surface area contributed by atoms with E-state index >= 15 is 0 Å². The lowest BCUT2D eigenvalue weighted by atomic mass is 9.99. The van der Waals surface area contributed by atoms with Gasteiger partial charge in [-0.15, -0.1) is 0 Å². The highest BCUT2D eigenvalue weighted by atomic mass is 16.6. The third kappa shape index (κ3) is 4.36. The van der Waals surface area contributed by atoms with Gasteiger partial charge in [0.1, 0.15) is 18.8 Å². The molecule has 0 aliphatic carbocycles. The smallest absolute Gasteiger partial charge is 0.286 e. The Hall–Kier alpha value is -2.39. The van der Waals surface area contributed by atoms with Gasteiger partial charge in [-0.1, -0.05) is 0 Å². The molecule has 0 saturated carbocycles. The molecule has 0 bridgehead atoms. The van der Waals surface area contributed by atoms with E-state index in [1.165, 1.54) is 12.1 Å². The number of rotatable bonds is 5. The maximum absolute atomic E-state index is 12.8. The van der Waals surface area contributed by atoms with Crippen LogP contribution < -0.4 is 14.8 Å². The molecule has 9 nitrogen and oxygen atoms in total. The van der Waals surface area contributed by atoms with Gasteiger partial charge in [-0.2, -0.15) is 0 Å². The Labute approximate surface area is 164 Å². The summed E-state index contributed by atoms with van der Waals surface area (Å²) in [6, 6.07) is 2.63. The zero-order valence-electron chi connectivity index (χ0n) is 16.7. The summed E-state index contributed by atoms with van der Waals surface area (Å²) in [7, 11) is 0. The number of morpholine rings is 1. The Bertz CT molecular complexity index is 756. The predicted molar refractivity (Wildman–Crippen MR) is 102 cm³/mol. The van der Waals surface area contributed by atoms with E-state index in [0.29, 0.717) is 25.5 Å². The summed E-state index contributed by atoms with van der Waals surface area (Å²) in [5.41, 5.74) is -0.660. The molecule has 154 valence electrons. The van der Waals surface area contributed by atoms with E-state index in [1.807, 2.05) is 27.7 Å². The fourth-order valence-electron chi connectivity index (χ4n) is 3.59. The van der Waals surface area contributed by atoms with E-state index in [4.69, 9.17) is 14.2 Å². The van der Waals surface area contributed by atoms with Gasteiger partial charge < -0.3 is 19.5 Å². The highest BCUT2D eigenvalue weighted by Crippen LogP contribution is 2.36. The van der Waals surface area contributed by atoms with Gasteiger partial charge in [-0.05, 0) is 27.7 Å². The second kappa shape index (κ2) is 7.92. The van der Waals surface area contributed by atoms with E-state index in [2.05, 4.69) is 10.2 Å². The van der Waals surface area contributed by atoms with Crippen LogP contribution in [0.4, 0.5) is 5.69 Å². The molecule has 1 saturated heterocycles. The number of hydrogen-bond acceptors (Lipinski definition) is 7. The van der Waals surface area contributed by atoms with Gasteiger partial charge in [0.05, 0.1) is 23.2 Å². The third-order valence-corrected chi connectivity index (χ3v) is 5.06. The topological polar surface area (TPSA) is 103 Å². The molecule has 0 radical (unpaired) electrons. The van der Waals surface area contributed by atoms with Gasteiger partial charge in [0.25, 0.3) is 11.6 Å². The van der Waals surface area contributed by atoms with Gasteiger partial charge in [-0.25, -0.2) is 0 Å². The lowest BCUT2D eigenvalue weighted by Gasteiger charge is -2.45. The molecule has 2 atom stereocenters. The Kier molecular flexibility index (Phi) is 5.76. The number of amides is 1. The second-order valence-electron chi connectivity index (χ2n) is 7.93. The third-order valence-electron chi connectivity index (χ3n) is 5.06. The van der Waals surface area contributed by atoms with Crippen LogP contribution in [0.1, 0.15) is 38.1 Å². The zero-order chi connectivity index (χ0) is 20.5. The standard InChI is InChI=1S/C19H27N3O6/c1-12-9-21(10-13(2)28-12)19(3,4)11-20-18(23)14-7-16-17(27-6-5-26-16)8-15(14)22(24)25/h7-8,12-13H,5-6,9-11H2,1-4H3,(H,20,23). The molecular weight excluding hydrogens is 366 g/mol. The van der Waals surface area contributed by atoms with Crippen LogP contribution in [0.3, 0.4) is 0 Å². The molecule has 1 amide bonds. The number of ether oxygens (including phenoxy) is 3. The van der Waals surface area contributed by atoms with Crippen molar-refractivity contribution in [3.8, 4) is 11.5 Å². The molecule has 2 unspecified atom stereocenters. The van der Waals surface area contributed by atoms with E-state index in [1.54, 1.807) is 0 Å². The summed E-state index contributed by atoms with van der Waals surface area (Å²) in [6.45, 7) is 10.6. The van der Waals surface area contributed by atoms with Crippen molar-refractivity contribution < 1.29 is 23.9 Å². The average molecular weight is 393 g/mol. The first-order chi connectivity index (χ1) is 13.2. The number of hydrogen-bond donors (Lipinski definition) is 1. The monoisotopic (exact) mass is 393 g/mol. The number of nitrogens with one attached hydrogen (secondary N) is 1. The quantitative estimate of drug-likeness (QED) is 0.603. The van der Waals surface area contributed by atoms with Crippen LogP contribution in [0.5, 0.6) is 11.5 Å². The molecule has 2 aliphatic heterocycles. The maximum atomic E-state index is 12.8. The van der Waals surface area contributed by atoms with Gasteiger partial charge in [0.15, 0.2) is 11.5 Å². The van der Waals surface area contributed by atoms with Crippen molar-refractivity contribution in [1.82, 2.24) is 10.2 Å². The number of nitro groups is 1. The fraction of sp³-hybridized carbons (Fsp3) is 0.632. The van der Waals surface area contributed by atoms with E-state index < -0.39 is 10.8 Å². The second-order valence-corrected chi connectivity index (χ2v) is 7.93. The van der Waals surface area contributed by atoms with Crippen molar-refractivity contribution in [3.63, 3.8) is 0 Å². The first-order valence-electron chi connectivity index (χ1n) is 9.44. The molecule has 1 aromatic rings. The lowest BCUT2D eigenvalue weighted by molar-refractivity contribution is -0.385. The van der Waals surface area contributed by atoms with Crippen LogP contribution in [0.2, 0.25) is 0 Å². The zero-order valence-corrected chi connectivity index (χ0v) is 16.7. The summed E-state index contributed by atoms with van der Waals surface area (Å²) < 4.78 is 16.6. The number of nitro benzene ring substituents is 1. The fourth-order valence-corrected chi connectivity index (χ4v) is 3.59. The Morgan fingerprint density at radius 2 is 1.79 bits per heavy atom. The number of nitrogens with zero attached hydrogens (tertiary/aromatic N) is 2. The van der Waals surface area contributed by atoms with Crippen LogP contribution in [-0.2, 0) is 4.74 Å². The number of carbonyl (C=O) groups excluding carboxylic acids is 1. The Balaban J connectivity index is 1.74. The van der Waals surface area contributed by atoms with Crippen LogP contribution in [0.25, 0.3) is 0 Å². The van der Waals surface area contributed by atoms with Crippen molar-refractivity contribution in [2.24, 2.45) is 0 Å². The lowest BCUT2D eigenvalue weighted by Crippen LogP contribution is -2.58. The van der Waals surface area contributed by atoms with Crippen molar-refractivity contribution >= 4 is 11.6 Å². The minimum absolute atomic E-state index is 0.0336. The normalized spacial score (nSPS) is 22.6. The number of fused-ring (bicyclic) bond motifs is 1. The molecule has 0 aromatic heterocycles. The first kappa shape index (κ1) is 20.3. The summed E-state index contributed by atoms with van der Waals surface area (Å²) in [4.78, 5) is 25.9. The van der Waals surface area contributed by atoms with E-state index in [-0.39, 0.29) is 34.7 Å². The highest BCUT2D eigenvalue weighted by molar-refractivity contribution is 5.99. The Morgan fingerprint density at radius 3 is 2.36 bits per heavy atom. The molecule has 9 heteroatoms. The minimum Gasteiger partial charge on any atom is -0.486 e. The van der Waals surface area contributed by atoms with Crippen molar-refractivity contribution in [2.45, 2.75) is 45.4 Å². The van der Waals surface area contributed by atoms with Gasteiger partial charge >= 0.3 is 0 Å². The molecule has 1 N–H and O–H groups in total. The summed E-state index contributed by atoms with van der Waals surface area (Å²) in [5.74, 6) is 0.120. The average Bonchev–Trinajstić information content (AvgIpc) is 2.64. The maximum Gasteiger partial charge on any atom is 0.286 e. The first-order valence-corrected chi connectivity index (χ1v) is 9.44. The molecule has 1 fully saturated rings. The molecular formula is C19H27N3O6. The van der Waals surface area contributed by atoms with Crippen LogP contribution in [0.15, 0.2) is 12.1 Å². The molecule has 2 aliphatic rings. The summed E-state index contributed by atoms with van der Waals surface area (Å²) in [6.07, 6.45) is 0.218. The van der Waals surface area contributed by atoms with Crippen LogP contribution in [-0.4, -0.2) is 66.3 Å². The molecule has 2 heterocycles. The summed E-state index contributed by atoms with van der Waals surface area (Å²) in [5, 5.41) is 14.3. The van der Waals surface area contributed by atoms with Crippen molar-refractivity contribution in [2.75, 3.05) is 32.8 Å². The number of carbonyl (C=O) groups is 1. The van der Waals surface area contributed by atoms with E-state index in [9.17, 15) is 14.9 Å². The minimum atomic E-state index is -0.580. The molecule has 1 aromatic carbocycles. The van der Waals surface area contributed by atoms with Gasteiger partial charge in [0.2, 0.25) is 0 Å².